The topological polar surface area (TPSA) is 124 Å². The van der Waals surface area contributed by atoms with E-state index < -0.39 is 18.4 Å². The molecule has 0 atom stereocenters. The van der Waals surface area contributed by atoms with E-state index in [9.17, 15) is 14.4 Å². The first-order chi connectivity index (χ1) is 10.1. The van der Waals surface area contributed by atoms with E-state index >= 15 is 0 Å². The number of benzene rings is 1. The predicted molar refractivity (Wildman–Crippen MR) is 73.0 cm³/mol. The van der Waals surface area contributed by atoms with Crippen LogP contribution in [0.5, 0.6) is 0 Å². The summed E-state index contributed by atoms with van der Waals surface area (Å²) >= 11 is 0. The van der Waals surface area contributed by atoms with Crippen molar-refractivity contribution < 1.29 is 19.5 Å². The molecule has 0 spiro atoms. The van der Waals surface area contributed by atoms with Crippen molar-refractivity contribution in [1.29, 1.82) is 0 Å². The molecule has 1 aromatic heterocycles. The summed E-state index contributed by atoms with van der Waals surface area (Å²) in [5, 5.41) is 19.6. The molecule has 1 heterocycles. The first kappa shape index (κ1) is 14.3. The number of hydrogen-bond donors (Lipinski definition) is 4. The van der Waals surface area contributed by atoms with Crippen LogP contribution >= 0.6 is 0 Å². The van der Waals surface area contributed by atoms with Crippen LogP contribution in [0.15, 0.2) is 36.7 Å². The average molecular weight is 288 g/mol. The second-order valence-corrected chi connectivity index (χ2v) is 4.09. The minimum Gasteiger partial charge on any atom is -0.480 e. The quantitative estimate of drug-likeness (QED) is 0.637. The lowest BCUT2D eigenvalue weighted by atomic mass is 10.2. The van der Waals surface area contributed by atoms with E-state index in [0.717, 1.165) is 0 Å². The van der Waals surface area contributed by atoms with Crippen LogP contribution in [0.3, 0.4) is 0 Å². The molecule has 0 bridgehead atoms. The Morgan fingerprint density at radius 3 is 2.38 bits per heavy atom. The number of aromatic amines is 1. The van der Waals surface area contributed by atoms with Crippen molar-refractivity contribution in [3.05, 3.63) is 47.8 Å². The molecule has 0 fully saturated rings. The van der Waals surface area contributed by atoms with Gasteiger partial charge in [0.15, 0.2) is 0 Å². The maximum Gasteiger partial charge on any atom is 0.322 e. The van der Waals surface area contributed by atoms with E-state index in [4.69, 9.17) is 5.11 Å². The van der Waals surface area contributed by atoms with Crippen molar-refractivity contribution in [1.82, 2.24) is 15.5 Å². The monoisotopic (exact) mass is 288 g/mol. The second kappa shape index (κ2) is 6.33. The molecule has 0 aliphatic carbocycles. The standard InChI is InChI=1S/C13H12N4O4/c18-11(19)7-14-12(20)8-1-3-10(4-2-8)17-13(21)9-5-15-16-6-9/h1-6H,7H2,(H,14,20)(H,15,16)(H,17,21)(H,18,19). The molecular weight excluding hydrogens is 276 g/mol. The van der Waals surface area contributed by atoms with Crippen LogP contribution < -0.4 is 10.6 Å². The van der Waals surface area contributed by atoms with Crippen LogP contribution in [0.1, 0.15) is 20.7 Å². The summed E-state index contributed by atoms with van der Waals surface area (Å²) in [4.78, 5) is 33.7. The molecule has 2 aromatic rings. The average Bonchev–Trinajstić information content (AvgIpc) is 3.00. The number of carboxylic acid groups (broad SMARTS) is 1. The largest absolute Gasteiger partial charge is 0.480 e. The van der Waals surface area contributed by atoms with Crippen LogP contribution in [0.25, 0.3) is 0 Å². The van der Waals surface area contributed by atoms with Gasteiger partial charge in [0.25, 0.3) is 11.8 Å². The molecule has 0 radical (unpaired) electrons. The van der Waals surface area contributed by atoms with E-state index in [1.807, 2.05) is 0 Å². The predicted octanol–water partition coefficient (Wildman–Crippen LogP) is 0.476. The summed E-state index contributed by atoms with van der Waals surface area (Å²) in [6.07, 6.45) is 2.85. The fourth-order valence-corrected chi connectivity index (χ4v) is 1.54. The minimum atomic E-state index is -1.12. The number of amides is 2. The summed E-state index contributed by atoms with van der Waals surface area (Å²) < 4.78 is 0. The van der Waals surface area contributed by atoms with E-state index in [-0.39, 0.29) is 5.91 Å². The maximum absolute atomic E-state index is 11.8. The van der Waals surface area contributed by atoms with E-state index in [1.54, 1.807) is 12.1 Å². The van der Waals surface area contributed by atoms with Gasteiger partial charge in [-0.1, -0.05) is 0 Å². The first-order valence-corrected chi connectivity index (χ1v) is 5.96. The first-order valence-electron chi connectivity index (χ1n) is 5.96. The summed E-state index contributed by atoms with van der Waals surface area (Å²) in [6, 6.07) is 6.08. The number of H-pyrrole nitrogens is 1. The van der Waals surface area contributed by atoms with Gasteiger partial charge in [-0.25, -0.2) is 0 Å². The molecule has 2 rings (SSSR count). The SMILES string of the molecule is O=C(O)CNC(=O)c1ccc(NC(=O)c2cn[nH]c2)cc1. The molecule has 8 nitrogen and oxygen atoms in total. The second-order valence-electron chi connectivity index (χ2n) is 4.09. The fraction of sp³-hybridized carbons (Fsp3) is 0.0769. The van der Waals surface area contributed by atoms with Gasteiger partial charge in [-0.15, -0.1) is 0 Å². The zero-order valence-electron chi connectivity index (χ0n) is 10.8. The highest BCUT2D eigenvalue weighted by molar-refractivity contribution is 6.04. The zero-order chi connectivity index (χ0) is 15.2. The molecule has 1 aromatic carbocycles. The number of aromatic nitrogens is 2. The third-order valence-corrected chi connectivity index (χ3v) is 2.57. The molecule has 8 heteroatoms. The molecule has 21 heavy (non-hydrogen) atoms. The lowest BCUT2D eigenvalue weighted by Crippen LogP contribution is -2.29. The normalized spacial score (nSPS) is 9.90. The van der Waals surface area contributed by atoms with Gasteiger partial charge in [-0.3, -0.25) is 19.5 Å². The van der Waals surface area contributed by atoms with Crippen molar-refractivity contribution in [3.8, 4) is 0 Å². The highest BCUT2D eigenvalue weighted by Crippen LogP contribution is 2.11. The van der Waals surface area contributed by atoms with Gasteiger partial charge in [0.1, 0.15) is 6.54 Å². The Kier molecular flexibility index (Phi) is 4.30. The van der Waals surface area contributed by atoms with Crippen molar-refractivity contribution in [2.45, 2.75) is 0 Å². The molecule has 108 valence electrons. The lowest BCUT2D eigenvalue weighted by molar-refractivity contribution is -0.135. The highest BCUT2D eigenvalue weighted by atomic mass is 16.4. The number of rotatable bonds is 5. The minimum absolute atomic E-state index is 0.303. The van der Waals surface area contributed by atoms with E-state index in [0.29, 0.717) is 16.8 Å². The molecule has 0 aliphatic heterocycles. The Morgan fingerprint density at radius 2 is 1.81 bits per heavy atom. The molecule has 2 amide bonds. The summed E-state index contributed by atoms with van der Waals surface area (Å²) in [7, 11) is 0. The Hall–Kier alpha value is -3.16. The van der Waals surface area contributed by atoms with Crippen LogP contribution in [-0.2, 0) is 4.79 Å². The molecule has 4 N–H and O–H groups in total. The summed E-state index contributed by atoms with van der Waals surface area (Å²) in [5.41, 5.74) is 1.20. The number of hydrogen-bond acceptors (Lipinski definition) is 4. The fourth-order valence-electron chi connectivity index (χ4n) is 1.54. The molecular formula is C13H12N4O4. The Morgan fingerprint density at radius 1 is 1.10 bits per heavy atom. The lowest BCUT2D eigenvalue weighted by Gasteiger charge is -2.05. The van der Waals surface area contributed by atoms with Gasteiger partial charge >= 0.3 is 5.97 Å². The molecule has 0 saturated heterocycles. The highest BCUT2D eigenvalue weighted by Gasteiger charge is 2.09. The summed E-state index contributed by atoms with van der Waals surface area (Å²) in [6.45, 7) is -0.447. The van der Waals surface area contributed by atoms with Crippen molar-refractivity contribution in [3.63, 3.8) is 0 Å². The number of nitrogens with zero attached hydrogens (tertiary/aromatic N) is 1. The zero-order valence-corrected chi connectivity index (χ0v) is 10.8. The maximum atomic E-state index is 11.8. The molecule has 0 unspecified atom stereocenters. The molecule has 0 saturated carbocycles. The number of aliphatic carboxylic acids is 1. The van der Waals surface area contributed by atoms with Crippen molar-refractivity contribution in [2.24, 2.45) is 0 Å². The Labute approximate surface area is 119 Å². The van der Waals surface area contributed by atoms with Gasteiger partial charge in [0.2, 0.25) is 0 Å². The number of carbonyl (C=O) groups excluding carboxylic acids is 2. The van der Waals surface area contributed by atoms with Crippen LogP contribution in [0.4, 0.5) is 5.69 Å². The van der Waals surface area contributed by atoms with Crippen LogP contribution in [0, 0.1) is 0 Å². The van der Waals surface area contributed by atoms with Crippen LogP contribution in [-0.4, -0.2) is 39.6 Å². The smallest absolute Gasteiger partial charge is 0.322 e. The summed E-state index contributed by atoms with van der Waals surface area (Å²) in [5.74, 6) is -1.94. The number of anilines is 1. The Bertz CT molecular complexity index is 649. The van der Waals surface area contributed by atoms with Crippen molar-refractivity contribution >= 4 is 23.5 Å². The van der Waals surface area contributed by atoms with E-state index in [2.05, 4.69) is 20.8 Å². The van der Waals surface area contributed by atoms with Gasteiger partial charge in [-0.05, 0) is 24.3 Å². The van der Waals surface area contributed by atoms with Gasteiger partial charge < -0.3 is 15.7 Å². The van der Waals surface area contributed by atoms with Crippen molar-refractivity contribution in [2.75, 3.05) is 11.9 Å². The Balaban J connectivity index is 1.97. The number of nitrogens with one attached hydrogen (secondary N) is 3. The van der Waals surface area contributed by atoms with Gasteiger partial charge in [0, 0.05) is 17.4 Å². The number of carbonyl (C=O) groups is 3. The van der Waals surface area contributed by atoms with Crippen LogP contribution in [0.2, 0.25) is 0 Å². The van der Waals surface area contributed by atoms with E-state index in [1.165, 1.54) is 24.5 Å². The van der Waals surface area contributed by atoms with Gasteiger partial charge in [-0.2, -0.15) is 5.10 Å². The third-order valence-electron chi connectivity index (χ3n) is 2.57. The third kappa shape index (κ3) is 3.90. The van der Waals surface area contributed by atoms with Gasteiger partial charge in [0.05, 0.1) is 11.8 Å². The molecule has 0 aliphatic rings. The number of carboxylic acids is 1.